The van der Waals surface area contributed by atoms with E-state index in [-0.39, 0.29) is 11.4 Å². The molecule has 1 aliphatic heterocycles. The number of aliphatic hydroxyl groups is 1. The van der Waals surface area contributed by atoms with Gasteiger partial charge in [0.15, 0.2) is 17.3 Å². The van der Waals surface area contributed by atoms with Crippen LogP contribution in [0, 0.1) is 12.3 Å². The van der Waals surface area contributed by atoms with Crippen LogP contribution in [0.3, 0.4) is 0 Å². The fourth-order valence-electron chi connectivity index (χ4n) is 4.18. The molecular weight excluding hydrogens is 432 g/mol. The van der Waals surface area contributed by atoms with Crippen molar-refractivity contribution in [2.75, 3.05) is 12.0 Å². The number of hydrogen-bond donors (Lipinski definition) is 1. The Morgan fingerprint density at radius 3 is 2.41 bits per heavy atom. The van der Waals surface area contributed by atoms with Crippen LogP contribution in [0.5, 0.6) is 0 Å². The van der Waals surface area contributed by atoms with E-state index in [9.17, 15) is 14.7 Å². The summed E-state index contributed by atoms with van der Waals surface area (Å²) in [6.45, 7) is 7.46. The van der Waals surface area contributed by atoms with E-state index in [1.807, 2.05) is 49.4 Å². The Kier molecular flexibility index (Phi) is 6.15. The zero-order valence-corrected chi connectivity index (χ0v) is 20.0. The van der Waals surface area contributed by atoms with Crippen molar-refractivity contribution in [2.24, 2.45) is 5.41 Å². The summed E-state index contributed by atoms with van der Waals surface area (Å²) in [5, 5.41) is 14.8. The van der Waals surface area contributed by atoms with Crippen molar-refractivity contribution in [3.05, 3.63) is 82.8 Å². The third kappa shape index (κ3) is 4.15. The molecule has 0 bridgehead atoms. The molecule has 1 aromatic heterocycles. The number of carbonyl (C=O) groups excluding carboxylic acids is 2. The molecule has 1 atom stereocenters. The van der Waals surface area contributed by atoms with Crippen LogP contribution >= 0.6 is 0 Å². The van der Waals surface area contributed by atoms with E-state index in [0.717, 1.165) is 22.4 Å². The van der Waals surface area contributed by atoms with E-state index in [1.165, 1.54) is 4.90 Å². The van der Waals surface area contributed by atoms with Crippen LogP contribution in [-0.4, -0.2) is 29.1 Å². The molecule has 4 rings (SSSR count). The molecule has 7 nitrogen and oxygen atoms in total. The van der Waals surface area contributed by atoms with Gasteiger partial charge in [0.2, 0.25) is 0 Å². The van der Waals surface area contributed by atoms with Crippen LogP contribution in [0.2, 0.25) is 0 Å². The second-order valence-corrected chi connectivity index (χ2v) is 9.43. The van der Waals surface area contributed by atoms with E-state index in [1.54, 1.807) is 40.0 Å². The molecule has 1 amide bonds. The number of carbonyl (C=O) groups is 2. The summed E-state index contributed by atoms with van der Waals surface area (Å²) in [5.74, 6) is -0.810. The van der Waals surface area contributed by atoms with Crippen LogP contribution in [0.4, 0.5) is 5.69 Å². The van der Waals surface area contributed by atoms with Gasteiger partial charge >= 0.3 is 0 Å². The predicted molar refractivity (Wildman–Crippen MR) is 128 cm³/mol. The number of ketones is 1. The number of aryl methyl sites for hydroxylation is 1. The third-order valence-electron chi connectivity index (χ3n) is 5.84. The average molecular weight is 461 g/mol. The van der Waals surface area contributed by atoms with Gasteiger partial charge < -0.3 is 14.4 Å². The van der Waals surface area contributed by atoms with Crippen molar-refractivity contribution in [3.8, 4) is 11.3 Å². The van der Waals surface area contributed by atoms with Gasteiger partial charge in [0.25, 0.3) is 5.91 Å². The first-order chi connectivity index (χ1) is 16.1. The number of aliphatic hydroxyl groups excluding tert-OH is 1. The molecule has 1 unspecified atom stereocenters. The summed E-state index contributed by atoms with van der Waals surface area (Å²) in [6.07, 6.45) is 0. The van der Waals surface area contributed by atoms with E-state index in [0.29, 0.717) is 18.1 Å². The Labute approximate surface area is 198 Å². The van der Waals surface area contributed by atoms with Crippen molar-refractivity contribution in [3.63, 3.8) is 0 Å². The predicted octanol–water partition coefficient (Wildman–Crippen LogP) is 5.31. The molecule has 3 aromatic rings. The summed E-state index contributed by atoms with van der Waals surface area (Å²) < 4.78 is 10.7. The van der Waals surface area contributed by atoms with E-state index in [4.69, 9.17) is 9.26 Å². The summed E-state index contributed by atoms with van der Waals surface area (Å²) >= 11 is 0. The maximum atomic E-state index is 13.4. The molecule has 176 valence electrons. The first kappa shape index (κ1) is 23.4. The number of anilines is 1. The Morgan fingerprint density at radius 1 is 1.15 bits per heavy atom. The minimum Gasteiger partial charge on any atom is -0.503 e. The number of nitrogens with zero attached hydrogens (tertiary/aromatic N) is 2. The van der Waals surface area contributed by atoms with Gasteiger partial charge in [-0.3, -0.25) is 14.5 Å². The number of amides is 1. The van der Waals surface area contributed by atoms with E-state index < -0.39 is 23.1 Å². The first-order valence-corrected chi connectivity index (χ1v) is 11.1. The highest BCUT2D eigenvalue weighted by molar-refractivity contribution is 6.17. The normalized spacial score (nSPS) is 16.4. The lowest BCUT2D eigenvalue weighted by atomic mass is 9.81. The SMILES string of the molecule is COCc1ccccc1C1C(C(=O)C(C)(C)C)=C(O)C(=O)N1c1ccc(-c2cc(C)no2)cc1. The lowest BCUT2D eigenvalue weighted by Gasteiger charge is -2.30. The first-order valence-electron chi connectivity index (χ1n) is 11.1. The molecular formula is C27H28N2O5. The molecule has 34 heavy (non-hydrogen) atoms. The summed E-state index contributed by atoms with van der Waals surface area (Å²) in [6, 6.07) is 15.7. The van der Waals surface area contributed by atoms with Gasteiger partial charge in [0.05, 0.1) is 23.9 Å². The lowest BCUT2D eigenvalue weighted by Crippen LogP contribution is -2.33. The Balaban J connectivity index is 1.85. The highest BCUT2D eigenvalue weighted by Crippen LogP contribution is 2.44. The Hall–Kier alpha value is -3.71. The molecule has 1 aliphatic rings. The summed E-state index contributed by atoms with van der Waals surface area (Å²) in [5.41, 5.74) is 2.97. The van der Waals surface area contributed by atoms with Crippen molar-refractivity contribution < 1.29 is 24.0 Å². The van der Waals surface area contributed by atoms with Gasteiger partial charge in [-0.05, 0) is 42.3 Å². The molecule has 7 heteroatoms. The number of rotatable bonds is 6. The van der Waals surface area contributed by atoms with Crippen LogP contribution in [0.25, 0.3) is 11.3 Å². The highest BCUT2D eigenvalue weighted by Gasteiger charge is 2.47. The highest BCUT2D eigenvalue weighted by atomic mass is 16.5. The smallest absolute Gasteiger partial charge is 0.294 e. The van der Waals surface area contributed by atoms with Crippen LogP contribution in [0.15, 0.2) is 70.5 Å². The van der Waals surface area contributed by atoms with Crippen LogP contribution in [0.1, 0.15) is 43.6 Å². The van der Waals surface area contributed by atoms with Gasteiger partial charge in [-0.25, -0.2) is 0 Å². The van der Waals surface area contributed by atoms with Gasteiger partial charge in [0, 0.05) is 29.8 Å². The molecule has 0 saturated carbocycles. The number of benzene rings is 2. The molecule has 0 saturated heterocycles. The van der Waals surface area contributed by atoms with E-state index >= 15 is 0 Å². The monoisotopic (exact) mass is 460 g/mol. The maximum Gasteiger partial charge on any atom is 0.294 e. The minimum atomic E-state index is -0.790. The van der Waals surface area contributed by atoms with Gasteiger partial charge in [-0.15, -0.1) is 0 Å². The third-order valence-corrected chi connectivity index (χ3v) is 5.84. The molecule has 0 radical (unpaired) electrons. The van der Waals surface area contributed by atoms with Crippen molar-refractivity contribution in [2.45, 2.75) is 40.3 Å². The Bertz CT molecular complexity index is 1260. The van der Waals surface area contributed by atoms with Gasteiger partial charge in [-0.2, -0.15) is 0 Å². The molecule has 0 spiro atoms. The minimum absolute atomic E-state index is 0.0935. The quantitative estimate of drug-likeness (QED) is 0.536. The number of methoxy groups -OCH3 is 1. The van der Waals surface area contributed by atoms with Crippen LogP contribution in [-0.2, 0) is 20.9 Å². The van der Waals surface area contributed by atoms with E-state index in [2.05, 4.69) is 5.16 Å². The number of aromatic nitrogens is 1. The topological polar surface area (TPSA) is 92.9 Å². The maximum absolute atomic E-state index is 13.4. The Morgan fingerprint density at radius 2 is 1.82 bits per heavy atom. The van der Waals surface area contributed by atoms with Gasteiger partial charge in [0.1, 0.15) is 0 Å². The summed E-state index contributed by atoms with van der Waals surface area (Å²) in [4.78, 5) is 28.3. The average Bonchev–Trinajstić information content (AvgIpc) is 3.34. The molecule has 0 fully saturated rings. The lowest BCUT2D eigenvalue weighted by molar-refractivity contribution is -0.123. The fraction of sp³-hybridized carbons (Fsp3) is 0.296. The number of hydrogen-bond acceptors (Lipinski definition) is 6. The second kappa shape index (κ2) is 8.91. The van der Waals surface area contributed by atoms with Crippen molar-refractivity contribution >= 4 is 17.4 Å². The second-order valence-electron chi connectivity index (χ2n) is 9.43. The molecule has 2 heterocycles. The zero-order valence-electron chi connectivity index (χ0n) is 20.0. The van der Waals surface area contributed by atoms with Crippen molar-refractivity contribution in [1.29, 1.82) is 0 Å². The van der Waals surface area contributed by atoms with Crippen LogP contribution < -0.4 is 4.90 Å². The molecule has 1 N–H and O–H groups in total. The molecule has 0 aliphatic carbocycles. The van der Waals surface area contributed by atoms with Crippen molar-refractivity contribution in [1.82, 2.24) is 5.16 Å². The van der Waals surface area contributed by atoms with Gasteiger partial charge in [-0.1, -0.05) is 50.2 Å². The standard InChI is InChI=1S/C27H28N2O5/c1-16-14-21(34-28-16)17-10-12-19(13-11-17)29-23(20-9-7-6-8-18(20)15-33-5)22(24(30)26(29)32)25(31)27(2,3)4/h6-14,23,30H,15H2,1-5H3. The fourth-order valence-corrected chi connectivity index (χ4v) is 4.18. The zero-order chi connectivity index (χ0) is 24.6. The largest absolute Gasteiger partial charge is 0.503 e. The number of Topliss-reactive ketones (excluding diaryl/α,β-unsaturated/α-hetero) is 1. The summed E-state index contributed by atoms with van der Waals surface area (Å²) in [7, 11) is 1.59. The molecule has 2 aromatic carbocycles. The number of ether oxygens (including phenoxy) is 1.